The number of nitrogens with zero attached hydrogens (tertiary/aromatic N) is 3. The fraction of sp³-hybridized carbons (Fsp3) is 0.625. The van der Waals surface area contributed by atoms with Gasteiger partial charge in [-0.2, -0.15) is 5.26 Å². The largest absolute Gasteiger partial charge is 0.384 e. The van der Waals surface area contributed by atoms with Crippen LogP contribution in [0, 0.1) is 28.6 Å². The highest BCUT2D eigenvalue weighted by atomic mass is 19.1. The Kier molecular flexibility index (Phi) is 5.24. The average molecular weight is 455 g/mol. The highest BCUT2D eigenvalue weighted by molar-refractivity contribution is 6.08. The molecule has 1 aromatic rings. The van der Waals surface area contributed by atoms with E-state index in [1.54, 1.807) is 4.90 Å². The molecule has 3 aliphatic heterocycles. The summed E-state index contributed by atoms with van der Waals surface area (Å²) in [6.45, 7) is 7.19. The number of anilines is 2. The van der Waals surface area contributed by atoms with Crippen LogP contribution in [0.5, 0.6) is 0 Å². The van der Waals surface area contributed by atoms with E-state index < -0.39 is 5.54 Å². The van der Waals surface area contributed by atoms with Crippen molar-refractivity contribution in [1.29, 1.82) is 5.26 Å². The molecule has 2 saturated heterocycles. The lowest BCUT2D eigenvalue weighted by molar-refractivity contribution is -0.141. The number of fused-ring (bicyclic) bond motifs is 1. The first-order valence-electron chi connectivity index (χ1n) is 11.9. The number of likely N-dealkylation sites (tertiary alicyclic amines) is 2. The molecule has 3 heterocycles. The summed E-state index contributed by atoms with van der Waals surface area (Å²) in [7, 11) is 0. The van der Waals surface area contributed by atoms with Gasteiger partial charge in [-0.05, 0) is 58.2 Å². The van der Waals surface area contributed by atoms with Crippen LogP contribution in [0.25, 0.3) is 0 Å². The van der Waals surface area contributed by atoms with E-state index in [2.05, 4.69) is 27.0 Å². The SMILES string of the molecule is CCNc1cc(F)cc2c1NC(=O)C2(C)N1CCC[C@@H](NC(=O)C2CC3(C2)CN(C#N)C3)C1. The van der Waals surface area contributed by atoms with Gasteiger partial charge in [0.1, 0.15) is 11.4 Å². The highest BCUT2D eigenvalue weighted by Crippen LogP contribution is 2.52. The fourth-order valence-electron chi connectivity index (χ4n) is 6.21. The first-order chi connectivity index (χ1) is 15.8. The van der Waals surface area contributed by atoms with E-state index in [4.69, 9.17) is 5.26 Å². The molecule has 2 amide bonds. The Labute approximate surface area is 193 Å². The predicted octanol–water partition coefficient (Wildman–Crippen LogP) is 2.20. The van der Waals surface area contributed by atoms with Gasteiger partial charge in [-0.25, -0.2) is 4.39 Å². The van der Waals surface area contributed by atoms with Crippen LogP contribution in [0.4, 0.5) is 15.8 Å². The summed E-state index contributed by atoms with van der Waals surface area (Å²) in [6, 6.07) is 2.82. The van der Waals surface area contributed by atoms with Crippen LogP contribution < -0.4 is 16.0 Å². The van der Waals surface area contributed by atoms with E-state index in [1.165, 1.54) is 12.1 Å². The van der Waals surface area contributed by atoms with Gasteiger partial charge in [0.15, 0.2) is 6.19 Å². The lowest BCUT2D eigenvalue weighted by atomic mass is 9.57. The molecule has 1 spiro atoms. The molecule has 0 bridgehead atoms. The Morgan fingerprint density at radius 1 is 1.36 bits per heavy atom. The van der Waals surface area contributed by atoms with Crippen molar-refractivity contribution < 1.29 is 14.0 Å². The van der Waals surface area contributed by atoms with E-state index in [0.29, 0.717) is 36.6 Å². The van der Waals surface area contributed by atoms with E-state index in [1.807, 2.05) is 13.8 Å². The van der Waals surface area contributed by atoms with Gasteiger partial charge in [-0.1, -0.05) is 0 Å². The maximum Gasteiger partial charge on any atom is 0.249 e. The number of rotatable bonds is 5. The first kappa shape index (κ1) is 22.0. The number of hydrogen-bond donors (Lipinski definition) is 3. The van der Waals surface area contributed by atoms with Crippen LogP contribution in [0.2, 0.25) is 0 Å². The number of carbonyl (C=O) groups excluding carboxylic acids is 2. The molecule has 4 aliphatic rings. The molecule has 0 radical (unpaired) electrons. The van der Waals surface area contributed by atoms with Crippen LogP contribution >= 0.6 is 0 Å². The molecule has 5 rings (SSSR count). The molecular formula is C24H31FN6O2. The van der Waals surface area contributed by atoms with E-state index in [-0.39, 0.29) is 35.0 Å². The predicted molar refractivity (Wildman–Crippen MR) is 122 cm³/mol. The third-order valence-corrected chi connectivity index (χ3v) is 8.00. The minimum Gasteiger partial charge on any atom is -0.384 e. The van der Waals surface area contributed by atoms with Crippen molar-refractivity contribution in [3.8, 4) is 6.19 Å². The van der Waals surface area contributed by atoms with Gasteiger partial charge in [0.2, 0.25) is 11.8 Å². The minimum atomic E-state index is -0.988. The normalized spacial score (nSPS) is 28.4. The summed E-state index contributed by atoms with van der Waals surface area (Å²) in [5, 5.41) is 18.3. The second-order valence-electron chi connectivity index (χ2n) is 10.3. The summed E-state index contributed by atoms with van der Waals surface area (Å²) < 4.78 is 14.4. The summed E-state index contributed by atoms with van der Waals surface area (Å²) in [6.07, 6.45) is 5.55. The number of benzene rings is 1. The third-order valence-electron chi connectivity index (χ3n) is 8.00. The minimum absolute atomic E-state index is 0.00378. The molecule has 3 N–H and O–H groups in total. The maximum atomic E-state index is 14.4. The molecule has 33 heavy (non-hydrogen) atoms. The molecule has 1 aliphatic carbocycles. The Bertz CT molecular complexity index is 1020. The Hall–Kier alpha value is -2.86. The van der Waals surface area contributed by atoms with E-state index in [9.17, 15) is 14.0 Å². The van der Waals surface area contributed by atoms with Crippen LogP contribution in [-0.2, 0) is 15.1 Å². The number of carbonyl (C=O) groups is 2. The first-order valence-corrected chi connectivity index (χ1v) is 11.9. The third kappa shape index (κ3) is 3.52. The summed E-state index contributed by atoms with van der Waals surface area (Å²) in [5.41, 5.74) is 1.05. The molecule has 0 aromatic heterocycles. The molecule has 3 fully saturated rings. The van der Waals surface area contributed by atoms with E-state index in [0.717, 1.165) is 38.8 Å². The van der Waals surface area contributed by atoms with Gasteiger partial charge in [0.25, 0.3) is 0 Å². The van der Waals surface area contributed by atoms with E-state index >= 15 is 0 Å². The van der Waals surface area contributed by atoms with Crippen LogP contribution in [0.3, 0.4) is 0 Å². The van der Waals surface area contributed by atoms with Crippen molar-refractivity contribution in [2.75, 3.05) is 43.4 Å². The molecule has 8 nitrogen and oxygen atoms in total. The zero-order valence-corrected chi connectivity index (χ0v) is 19.2. The molecular weight excluding hydrogens is 423 g/mol. The van der Waals surface area contributed by atoms with Crippen LogP contribution in [0.1, 0.15) is 45.1 Å². The molecule has 1 aromatic carbocycles. The van der Waals surface area contributed by atoms with Gasteiger partial charge in [-0.15, -0.1) is 0 Å². The van der Waals surface area contributed by atoms with Crippen LogP contribution in [-0.4, -0.2) is 60.4 Å². The molecule has 1 saturated carbocycles. The van der Waals surface area contributed by atoms with Crippen LogP contribution in [0.15, 0.2) is 12.1 Å². The van der Waals surface area contributed by atoms with Crippen molar-refractivity contribution in [1.82, 2.24) is 15.1 Å². The van der Waals surface area contributed by atoms with Crippen molar-refractivity contribution in [2.45, 2.75) is 51.1 Å². The van der Waals surface area contributed by atoms with Gasteiger partial charge in [0.05, 0.1) is 11.4 Å². The number of nitriles is 1. The Morgan fingerprint density at radius 3 is 2.82 bits per heavy atom. The smallest absolute Gasteiger partial charge is 0.249 e. The number of halogens is 1. The number of nitrogens with one attached hydrogen (secondary N) is 3. The van der Waals surface area contributed by atoms with Crippen molar-refractivity contribution in [2.24, 2.45) is 11.3 Å². The Morgan fingerprint density at radius 2 is 2.12 bits per heavy atom. The van der Waals surface area contributed by atoms with Gasteiger partial charge < -0.3 is 20.9 Å². The molecule has 9 heteroatoms. The number of amides is 2. The Balaban J connectivity index is 1.26. The summed E-state index contributed by atoms with van der Waals surface area (Å²) >= 11 is 0. The summed E-state index contributed by atoms with van der Waals surface area (Å²) in [4.78, 5) is 29.8. The van der Waals surface area contributed by atoms with Gasteiger partial charge >= 0.3 is 0 Å². The average Bonchev–Trinajstić information content (AvgIpc) is 2.98. The molecule has 1 unspecified atom stereocenters. The highest BCUT2D eigenvalue weighted by Gasteiger charge is 2.55. The lowest BCUT2D eigenvalue weighted by Gasteiger charge is -2.56. The topological polar surface area (TPSA) is 100 Å². The lowest BCUT2D eigenvalue weighted by Crippen LogP contribution is -2.63. The molecule has 176 valence electrons. The van der Waals surface area contributed by atoms with Crippen molar-refractivity contribution >= 4 is 23.2 Å². The number of hydrogen-bond acceptors (Lipinski definition) is 6. The second-order valence-corrected chi connectivity index (χ2v) is 10.3. The standard InChI is InChI=1S/C24H31FN6O2/c1-3-27-19-8-16(25)7-18-20(19)29-22(33)23(18,2)31-6-4-5-17(11-31)28-21(32)15-9-24(10-15)12-30(13-24)14-26/h7-8,15,17,27H,3-6,9-13H2,1-2H3,(H,28,32)(H,29,33)/t17-,23?/m1/s1. The van der Waals surface area contributed by atoms with Gasteiger partial charge in [-0.3, -0.25) is 14.5 Å². The quantitative estimate of drug-likeness (QED) is 0.590. The zero-order chi connectivity index (χ0) is 23.4. The van der Waals surface area contributed by atoms with Crippen molar-refractivity contribution in [3.05, 3.63) is 23.5 Å². The fourth-order valence-corrected chi connectivity index (χ4v) is 6.21. The maximum absolute atomic E-state index is 14.4. The van der Waals surface area contributed by atoms with Gasteiger partial charge in [0, 0.05) is 49.1 Å². The second kappa shape index (κ2) is 7.87. The molecule has 2 atom stereocenters. The monoisotopic (exact) mass is 454 g/mol. The zero-order valence-electron chi connectivity index (χ0n) is 19.2. The summed E-state index contributed by atoms with van der Waals surface area (Å²) in [5.74, 6) is -0.463. The number of piperidine rings is 1. The van der Waals surface area contributed by atoms with Crippen molar-refractivity contribution in [3.63, 3.8) is 0 Å².